The van der Waals surface area contributed by atoms with Crippen LogP contribution in [0.2, 0.25) is 0 Å². The van der Waals surface area contributed by atoms with Gasteiger partial charge in [0.05, 0.1) is 22.9 Å². The number of hydrogen-bond acceptors (Lipinski definition) is 10. The average molecular weight is 785 g/mol. The number of nitrogen functional groups attached to an aromatic ring is 1. The van der Waals surface area contributed by atoms with E-state index in [-0.39, 0.29) is 61.6 Å². The monoisotopic (exact) mass is 784 g/mol. The molecule has 6 heterocycles. The lowest BCUT2D eigenvalue weighted by molar-refractivity contribution is -0.137. The van der Waals surface area contributed by atoms with Crippen molar-refractivity contribution in [1.29, 1.82) is 5.26 Å². The molecule has 3 atom stereocenters. The first kappa shape index (κ1) is 38.2. The Labute approximate surface area is 316 Å². The quantitative estimate of drug-likeness (QED) is 0.178. The van der Waals surface area contributed by atoms with Crippen LogP contribution in [0.4, 0.5) is 42.8 Å². The molecule has 17 heteroatoms. The van der Waals surface area contributed by atoms with Gasteiger partial charge in [0.15, 0.2) is 5.82 Å². The maximum absolute atomic E-state index is 16.7. The molecular formula is C38H38F6N8O2S. The maximum Gasteiger partial charge on any atom is 0.417 e. The molecule has 3 aliphatic rings. The van der Waals surface area contributed by atoms with Crippen LogP contribution in [0.1, 0.15) is 43.7 Å². The lowest BCUT2D eigenvalue weighted by Gasteiger charge is -2.30. The second-order valence-electron chi connectivity index (χ2n) is 13.9. The highest BCUT2D eigenvalue weighted by molar-refractivity contribution is 7.23. The molecule has 0 aliphatic carbocycles. The Morgan fingerprint density at radius 1 is 1.15 bits per heavy atom. The fraction of sp³-hybridized carbons (Fsp3) is 0.421. The molecule has 0 radical (unpaired) electrons. The number of aryl methyl sites for hydroxylation is 1. The minimum Gasteiger partial charge on any atom is -0.467 e. The molecule has 3 aliphatic heterocycles. The summed E-state index contributed by atoms with van der Waals surface area (Å²) in [5.74, 6) is -2.13. The van der Waals surface area contributed by atoms with Gasteiger partial charge in [-0.05, 0) is 69.0 Å². The maximum atomic E-state index is 16.7. The number of aromatic nitrogens is 3. The summed E-state index contributed by atoms with van der Waals surface area (Å²) in [6.45, 7) is 4.79. The van der Waals surface area contributed by atoms with E-state index in [1.54, 1.807) is 37.2 Å². The van der Waals surface area contributed by atoms with Crippen LogP contribution in [0.15, 0.2) is 41.3 Å². The second kappa shape index (κ2) is 14.9. The number of ether oxygens (including phenoxy) is 1. The molecular weight excluding hydrogens is 747 g/mol. The van der Waals surface area contributed by atoms with Gasteiger partial charge in [-0.2, -0.15) is 28.4 Å². The number of benzene rings is 2. The fourth-order valence-electron chi connectivity index (χ4n) is 8.14. The van der Waals surface area contributed by atoms with Crippen molar-refractivity contribution in [2.45, 2.75) is 57.0 Å². The van der Waals surface area contributed by atoms with E-state index in [0.29, 0.717) is 49.1 Å². The zero-order chi connectivity index (χ0) is 39.3. The number of nitrogens with zero attached hydrogens (tertiary/aromatic N) is 7. The van der Waals surface area contributed by atoms with E-state index in [9.17, 15) is 32.0 Å². The van der Waals surface area contributed by atoms with Gasteiger partial charge < -0.3 is 24.8 Å². The minimum atomic E-state index is -5.08. The molecule has 2 N–H and O–H groups in total. The van der Waals surface area contributed by atoms with Gasteiger partial charge in [0.25, 0.3) is 5.56 Å². The van der Waals surface area contributed by atoms with Crippen molar-refractivity contribution < 1.29 is 31.1 Å². The van der Waals surface area contributed by atoms with Gasteiger partial charge in [-0.15, -0.1) is 11.3 Å². The summed E-state index contributed by atoms with van der Waals surface area (Å²) < 4.78 is 95.1. The second-order valence-corrected chi connectivity index (χ2v) is 15.0. The number of hydrogen-bond donors (Lipinski definition) is 1. The van der Waals surface area contributed by atoms with Crippen LogP contribution >= 0.6 is 11.3 Å². The molecule has 8 rings (SSSR count). The zero-order valence-electron chi connectivity index (χ0n) is 30.3. The predicted octanol–water partition coefficient (Wildman–Crippen LogP) is 7.27. The lowest BCUT2D eigenvalue weighted by Crippen LogP contribution is -2.39. The van der Waals surface area contributed by atoms with E-state index < -0.39 is 40.6 Å². The molecule has 3 aromatic heterocycles. The Morgan fingerprint density at radius 3 is 2.62 bits per heavy atom. The molecule has 10 nitrogen and oxygen atoms in total. The SMILES string of the molecule is CCN(c1nc(OC)nc2c(F)c(-c3ccc(F)c4sc(N)c(C#N)c34)c(C(F)(F)F)cc12)C1CCN(c2cccn(C)c2=O)C1.FC1CC2CCCN2C1. The van der Waals surface area contributed by atoms with E-state index >= 15 is 4.39 Å². The summed E-state index contributed by atoms with van der Waals surface area (Å²) in [6, 6.07) is 7.99. The van der Waals surface area contributed by atoms with Crippen molar-refractivity contribution in [3.63, 3.8) is 0 Å². The Morgan fingerprint density at radius 2 is 1.93 bits per heavy atom. The summed E-state index contributed by atoms with van der Waals surface area (Å²) in [7, 11) is 2.90. The smallest absolute Gasteiger partial charge is 0.417 e. The van der Waals surface area contributed by atoms with Crippen molar-refractivity contribution in [1.82, 2.24) is 19.4 Å². The third-order valence-electron chi connectivity index (χ3n) is 10.7. The zero-order valence-corrected chi connectivity index (χ0v) is 31.1. The van der Waals surface area contributed by atoms with Crippen LogP contribution in [0.5, 0.6) is 6.01 Å². The Balaban J connectivity index is 0.000000449. The van der Waals surface area contributed by atoms with Gasteiger partial charge in [0.2, 0.25) is 0 Å². The molecule has 3 fully saturated rings. The van der Waals surface area contributed by atoms with Gasteiger partial charge in [-0.1, -0.05) is 6.07 Å². The molecule has 0 saturated carbocycles. The van der Waals surface area contributed by atoms with E-state index in [1.165, 1.54) is 24.5 Å². The standard InChI is InChI=1S/C31H26F5N7O2S.C7H12FN/c1-4-43(15-9-11-42(14-15)21-6-5-10-41(2)29(21)44)28-17-12-19(31(34,35)36)23(24(33)25(17)39-30(40-28)45-3)16-7-8-20(32)26-22(16)18(13-37)27(38)46-26;8-6-4-7-2-1-3-9(7)5-6/h5-8,10,12,15H,4,9,11,14,38H2,1-3H3;6-7H,1-5H2. The number of rotatable bonds is 6. The molecule has 3 saturated heterocycles. The normalized spacial score (nSPS) is 19.8. The Kier molecular flexibility index (Phi) is 10.3. The van der Waals surface area contributed by atoms with Gasteiger partial charge in [0, 0.05) is 67.8 Å². The molecule has 290 valence electrons. The number of fused-ring (bicyclic) bond motifs is 3. The number of alkyl halides is 4. The number of halogens is 6. The summed E-state index contributed by atoms with van der Waals surface area (Å²) in [5.41, 5.74) is 2.90. The number of likely N-dealkylation sites (N-methyl/N-ethyl adjacent to an activating group) is 1. The van der Waals surface area contributed by atoms with Crippen molar-refractivity contribution in [3.05, 3.63) is 69.6 Å². The van der Waals surface area contributed by atoms with Gasteiger partial charge >= 0.3 is 12.2 Å². The highest BCUT2D eigenvalue weighted by atomic mass is 32.1. The third-order valence-corrected chi connectivity index (χ3v) is 11.7. The van der Waals surface area contributed by atoms with Crippen molar-refractivity contribution in [3.8, 4) is 23.2 Å². The van der Waals surface area contributed by atoms with E-state index in [1.807, 2.05) is 11.0 Å². The average Bonchev–Trinajstić information content (AvgIpc) is 3.95. The summed E-state index contributed by atoms with van der Waals surface area (Å²) in [4.78, 5) is 27.2. The molecule has 0 amide bonds. The number of pyridine rings is 1. The molecule has 0 bridgehead atoms. The summed E-state index contributed by atoms with van der Waals surface area (Å²) >= 11 is 0.691. The molecule has 55 heavy (non-hydrogen) atoms. The number of nitriles is 1. The van der Waals surface area contributed by atoms with Crippen LogP contribution < -0.4 is 25.8 Å². The number of methoxy groups -OCH3 is 1. The van der Waals surface area contributed by atoms with Crippen molar-refractivity contribution in [2.24, 2.45) is 7.05 Å². The highest BCUT2D eigenvalue weighted by Gasteiger charge is 2.39. The van der Waals surface area contributed by atoms with Gasteiger partial charge in [-0.25, -0.2) is 13.2 Å². The largest absolute Gasteiger partial charge is 0.467 e. The third kappa shape index (κ3) is 6.90. The number of anilines is 3. The van der Waals surface area contributed by atoms with Gasteiger partial charge in [-0.3, -0.25) is 9.69 Å². The van der Waals surface area contributed by atoms with E-state index in [0.717, 1.165) is 31.2 Å². The first-order chi connectivity index (χ1) is 26.2. The van der Waals surface area contributed by atoms with Crippen molar-refractivity contribution in [2.75, 3.05) is 55.4 Å². The fourth-order valence-corrected chi connectivity index (χ4v) is 9.09. The van der Waals surface area contributed by atoms with Crippen LogP contribution in [-0.4, -0.2) is 77.5 Å². The van der Waals surface area contributed by atoms with E-state index in [2.05, 4.69) is 14.9 Å². The predicted molar refractivity (Wildman–Crippen MR) is 200 cm³/mol. The first-order valence-corrected chi connectivity index (χ1v) is 18.7. The van der Waals surface area contributed by atoms with Crippen LogP contribution in [0.3, 0.4) is 0 Å². The molecule has 3 unspecified atom stereocenters. The Bertz CT molecular complexity index is 2360. The van der Waals surface area contributed by atoms with Crippen LogP contribution in [0, 0.1) is 23.0 Å². The molecule has 2 aromatic carbocycles. The Hall–Kier alpha value is -5.08. The van der Waals surface area contributed by atoms with Crippen LogP contribution in [-0.2, 0) is 13.2 Å². The van der Waals surface area contributed by atoms with E-state index in [4.69, 9.17) is 10.5 Å². The highest BCUT2D eigenvalue weighted by Crippen LogP contribution is 2.48. The number of thiophene rings is 1. The van der Waals surface area contributed by atoms with Crippen LogP contribution in [0.25, 0.3) is 32.1 Å². The van der Waals surface area contributed by atoms with Crippen molar-refractivity contribution >= 4 is 48.8 Å². The number of nitrogens with two attached hydrogens (primary N) is 1. The molecule has 0 spiro atoms. The first-order valence-electron chi connectivity index (χ1n) is 17.9. The summed E-state index contributed by atoms with van der Waals surface area (Å²) in [6.07, 6.45) is -0.0848. The molecule has 5 aromatic rings. The summed E-state index contributed by atoms with van der Waals surface area (Å²) in [5, 5.41) is 9.19. The van der Waals surface area contributed by atoms with Gasteiger partial charge in [0.1, 0.15) is 40.1 Å². The lowest BCUT2D eigenvalue weighted by atomic mass is 9.92. The topological polar surface area (TPSA) is 117 Å². The minimum absolute atomic E-state index is 0.0230.